The van der Waals surface area contributed by atoms with Gasteiger partial charge in [-0.1, -0.05) is 12.1 Å². The van der Waals surface area contributed by atoms with E-state index in [2.05, 4.69) is 20.9 Å². The molecule has 3 N–H and O–H groups in total. The Hall–Kier alpha value is -2.52. The molecule has 2 aromatic rings. The molecule has 7 nitrogen and oxygen atoms in total. The van der Waals surface area contributed by atoms with E-state index in [1.54, 1.807) is 24.4 Å². The number of nitrogens with zero attached hydrogens (tertiary/aromatic N) is 1. The van der Waals surface area contributed by atoms with E-state index in [1.165, 1.54) is 30.6 Å². The third-order valence-corrected chi connectivity index (χ3v) is 4.09. The number of thiazole rings is 1. The number of methoxy groups -OCH3 is 1. The zero-order valence-electron chi connectivity index (χ0n) is 13.8. The molecule has 1 unspecified atom stereocenters. The number of nitrogens with one attached hydrogen (secondary N) is 3. The Morgan fingerprint density at radius 1 is 1.32 bits per heavy atom. The topological polar surface area (TPSA) is 92.4 Å². The predicted molar refractivity (Wildman–Crippen MR) is 92.7 cm³/mol. The van der Waals surface area contributed by atoms with Crippen molar-refractivity contribution in [1.29, 1.82) is 0 Å². The van der Waals surface area contributed by atoms with Gasteiger partial charge < -0.3 is 15.4 Å². The summed E-state index contributed by atoms with van der Waals surface area (Å²) in [7, 11) is 1.46. The number of carbonyl (C=O) groups is 2. The maximum absolute atomic E-state index is 13.1. The molecule has 134 valence electrons. The molecule has 1 atom stereocenters. The minimum atomic E-state index is -0.537. The number of anilines is 1. The number of carbonyl (C=O) groups excluding carboxylic acids is 2. The van der Waals surface area contributed by atoms with Crippen LogP contribution in [-0.4, -0.2) is 30.1 Å². The molecule has 0 aliphatic rings. The van der Waals surface area contributed by atoms with Crippen LogP contribution in [0.4, 0.5) is 14.3 Å². The third kappa shape index (κ3) is 6.12. The summed E-state index contributed by atoms with van der Waals surface area (Å²) < 4.78 is 18.0. The van der Waals surface area contributed by atoms with Crippen LogP contribution in [0.15, 0.2) is 29.6 Å². The summed E-state index contributed by atoms with van der Waals surface area (Å²) in [4.78, 5) is 27.7. The minimum absolute atomic E-state index is 0.201. The molecule has 2 rings (SSSR count). The van der Waals surface area contributed by atoms with Crippen LogP contribution in [0.1, 0.15) is 18.2 Å². The van der Waals surface area contributed by atoms with E-state index < -0.39 is 12.1 Å². The molecule has 0 bridgehead atoms. The quantitative estimate of drug-likeness (QED) is 0.701. The molecule has 1 aromatic carbocycles. The standard InChI is InChI=1S/C16H19FN4O3S/c1-10(24-2)14(22)18-8-13-9-25-16(20-13)21-15(23)19-7-11-4-3-5-12(17)6-11/h3-6,9-10H,7-8H2,1-2H3,(H,18,22)(H2,19,20,21,23). The maximum Gasteiger partial charge on any atom is 0.321 e. The summed E-state index contributed by atoms with van der Waals surface area (Å²) in [5.74, 6) is -0.591. The number of halogens is 1. The number of ether oxygens (including phenoxy) is 1. The summed E-state index contributed by atoms with van der Waals surface area (Å²) >= 11 is 1.24. The van der Waals surface area contributed by atoms with E-state index in [4.69, 9.17) is 4.74 Å². The highest BCUT2D eigenvalue weighted by atomic mass is 32.1. The number of aromatic nitrogens is 1. The van der Waals surface area contributed by atoms with E-state index in [1.807, 2.05) is 0 Å². The number of benzene rings is 1. The first kappa shape index (κ1) is 18.8. The van der Waals surface area contributed by atoms with Crippen molar-refractivity contribution < 1.29 is 18.7 Å². The van der Waals surface area contributed by atoms with E-state index in [-0.39, 0.29) is 24.8 Å². The smallest absolute Gasteiger partial charge is 0.321 e. The van der Waals surface area contributed by atoms with Crippen LogP contribution in [0.2, 0.25) is 0 Å². The Morgan fingerprint density at radius 2 is 2.12 bits per heavy atom. The first-order chi connectivity index (χ1) is 12.0. The molecular formula is C16H19FN4O3S. The van der Waals surface area contributed by atoms with Gasteiger partial charge in [0.05, 0.1) is 12.2 Å². The highest BCUT2D eigenvalue weighted by Crippen LogP contribution is 2.15. The number of hydrogen-bond donors (Lipinski definition) is 3. The maximum atomic E-state index is 13.1. The molecule has 1 heterocycles. The number of urea groups is 1. The van der Waals surface area contributed by atoms with Crippen LogP contribution in [-0.2, 0) is 22.6 Å². The summed E-state index contributed by atoms with van der Waals surface area (Å²) in [5, 5.41) is 10.0. The molecule has 9 heteroatoms. The number of hydrogen-bond acceptors (Lipinski definition) is 5. The highest BCUT2D eigenvalue weighted by Gasteiger charge is 2.12. The van der Waals surface area contributed by atoms with Crippen LogP contribution in [0, 0.1) is 5.82 Å². The monoisotopic (exact) mass is 366 g/mol. The largest absolute Gasteiger partial charge is 0.372 e. The molecule has 1 aromatic heterocycles. The number of rotatable bonds is 7. The Kier molecular flexibility index (Phi) is 6.84. The Morgan fingerprint density at radius 3 is 2.84 bits per heavy atom. The fourth-order valence-corrected chi connectivity index (χ4v) is 2.55. The lowest BCUT2D eigenvalue weighted by Gasteiger charge is -2.09. The van der Waals surface area contributed by atoms with Crippen LogP contribution < -0.4 is 16.0 Å². The second-order valence-electron chi connectivity index (χ2n) is 5.18. The van der Waals surface area contributed by atoms with Crippen molar-refractivity contribution in [2.24, 2.45) is 0 Å². The van der Waals surface area contributed by atoms with Crippen LogP contribution in [0.3, 0.4) is 0 Å². The second-order valence-corrected chi connectivity index (χ2v) is 6.04. The van der Waals surface area contributed by atoms with Gasteiger partial charge in [0.25, 0.3) is 0 Å². The zero-order valence-corrected chi connectivity index (χ0v) is 14.7. The Labute approximate surface area is 148 Å². The normalized spacial score (nSPS) is 11.6. The lowest BCUT2D eigenvalue weighted by molar-refractivity contribution is -0.130. The summed E-state index contributed by atoms with van der Waals surface area (Å²) in [6, 6.07) is 5.55. The Bertz CT molecular complexity index is 738. The first-order valence-corrected chi connectivity index (χ1v) is 8.40. The van der Waals surface area contributed by atoms with Crippen LogP contribution >= 0.6 is 11.3 Å². The van der Waals surface area contributed by atoms with Gasteiger partial charge in [0.1, 0.15) is 11.9 Å². The van der Waals surface area contributed by atoms with Crippen molar-refractivity contribution >= 4 is 28.4 Å². The number of amides is 3. The average molecular weight is 366 g/mol. The molecule has 0 saturated carbocycles. The van der Waals surface area contributed by atoms with Gasteiger partial charge in [-0.25, -0.2) is 14.2 Å². The van der Waals surface area contributed by atoms with Gasteiger partial charge in [-0.3, -0.25) is 10.1 Å². The van der Waals surface area contributed by atoms with Gasteiger partial charge in [-0.2, -0.15) is 0 Å². The summed E-state index contributed by atoms with van der Waals surface area (Å²) in [5.41, 5.74) is 1.28. The van der Waals surface area contributed by atoms with Gasteiger partial charge in [-0.05, 0) is 24.6 Å². The molecular weight excluding hydrogens is 347 g/mol. The molecule has 0 aliphatic carbocycles. The van der Waals surface area contributed by atoms with Crippen molar-refractivity contribution in [2.75, 3.05) is 12.4 Å². The lowest BCUT2D eigenvalue weighted by Crippen LogP contribution is -2.33. The van der Waals surface area contributed by atoms with E-state index in [0.29, 0.717) is 16.4 Å². The average Bonchev–Trinajstić information content (AvgIpc) is 3.04. The summed E-state index contributed by atoms with van der Waals surface area (Å²) in [6.07, 6.45) is -0.537. The first-order valence-electron chi connectivity index (χ1n) is 7.52. The lowest BCUT2D eigenvalue weighted by atomic mass is 10.2. The van der Waals surface area contributed by atoms with Crippen molar-refractivity contribution in [3.63, 3.8) is 0 Å². The summed E-state index contributed by atoms with van der Waals surface area (Å²) in [6.45, 7) is 2.09. The van der Waals surface area contributed by atoms with Gasteiger partial charge in [-0.15, -0.1) is 11.3 Å². The van der Waals surface area contributed by atoms with Crippen molar-refractivity contribution in [3.8, 4) is 0 Å². The van der Waals surface area contributed by atoms with Crippen LogP contribution in [0.5, 0.6) is 0 Å². The molecule has 0 spiro atoms. The molecule has 25 heavy (non-hydrogen) atoms. The van der Waals surface area contributed by atoms with Crippen molar-refractivity contribution in [1.82, 2.24) is 15.6 Å². The Balaban J connectivity index is 1.78. The SMILES string of the molecule is COC(C)C(=O)NCc1csc(NC(=O)NCc2cccc(F)c2)n1. The second kappa shape index (κ2) is 9.09. The predicted octanol–water partition coefficient (Wildman–Crippen LogP) is 2.25. The van der Waals surface area contributed by atoms with Gasteiger partial charge in [0.2, 0.25) is 5.91 Å². The van der Waals surface area contributed by atoms with Gasteiger partial charge >= 0.3 is 6.03 Å². The van der Waals surface area contributed by atoms with Gasteiger partial charge in [0.15, 0.2) is 5.13 Å². The van der Waals surface area contributed by atoms with Crippen molar-refractivity contribution in [2.45, 2.75) is 26.1 Å². The molecule has 0 radical (unpaired) electrons. The minimum Gasteiger partial charge on any atom is -0.372 e. The highest BCUT2D eigenvalue weighted by molar-refractivity contribution is 7.13. The third-order valence-electron chi connectivity index (χ3n) is 3.28. The molecule has 3 amide bonds. The molecule has 0 fully saturated rings. The van der Waals surface area contributed by atoms with E-state index in [0.717, 1.165) is 0 Å². The van der Waals surface area contributed by atoms with E-state index >= 15 is 0 Å². The zero-order chi connectivity index (χ0) is 18.2. The van der Waals surface area contributed by atoms with Crippen molar-refractivity contribution in [3.05, 3.63) is 46.7 Å². The van der Waals surface area contributed by atoms with E-state index in [9.17, 15) is 14.0 Å². The molecule has 0 aliphatic heterocycles. The fourth-order valence-electron chi connectivity index (χ4n) is 1.84. The van der Waals surface area contributed by atoms with Crippen LogP contribution in [0.25, 0.3) is 0 Å². The molecule has 0 saturated heterocycles. The van der Waals surface area contributed by atoms with Gasteiger partial charge in [0, 0.05) is 19.0 Å². The fraction of sp³-hybridized carbons (Fsp3) is 0.312.